The quantitative estimate of drug-likeness (QED) is 0.386. The number of methoxy groups -OCH3 is 1. The van der Waals surface area contributed by atoms with E-state index in [1.807, 2.05) is 23.6 Å². The molecule has 3 aromatic rings. The first-order valence-electron chi connectivity index (χ1n) is 11.1. The molecule has 0 aliphatic heterocycles. The van der Waals surface area contributed by atoms with E-state index < -0.39 is 6.03 Å². The molecule has 0 saturated heterocycles. The number of rotatable bonds is 11. The maximum Gasteiger partial charge on any atom is 0.322 e. The highest BCUT2D eigenvalue weighted by Gasteiger charge is 2.22. The first-order chi connectivity index (χ1) is 17.0. The SMILES string of the molecule is COCCCN(CC(=O)N(Cc1ccc(F)cc1)Cc1cccs1)C(=O)Nc1cccc(C#N)c1. The molecule has 0 bridgehead atoms. The van der Waals surface area contributed by atoms with E-state index in [1.165, 1.54) is 28.4 Å². The van der Waals surface area contributed by atoms with Crippen molar-refractivity contribution in [3.63, 3.8) is 0 Å². The standard InChI is InChI=1S/C26H27FN4O3S/c1-34-13-4-12-30(26(33)29-23-6-2-5-21(15-23)16-28)19-25(32)31(18-24-7-3-14-35-24)17-20-8-10-22(27)11-9-20/h2-3,5-11,14-15H,4,12-13,17-19H2,1H3,(H,29,33). The van der Waals surface area contributed by atoms with E-state index in [9.17, 15) is 14.0 Å². The number of anilines is 1. The molecule has 0 saturated carbocycles. The van der Waals surface area contributed by atoms with Crippen molar-refractivity contribution in [2.24, 2.45) is 0 Å². The third-order valence-corrected chi connectivity index (χ3v) is 6.06. The molecule has 0 aliphatic rings. The number of amides is 3. The van der Waals surface area contributed by atoms with E-state index in [0.29, 0.717) is 37.4 Å². The number of nitrogens with one attached hydrogen (secondary N) is 1. The largest absolute Gasteiger partial charge is 0.385 e. The number of urea groups is 1. The van der Waals surface area contributed by atoms with Crippen molar-refractivity contribution < 1.29 is 18.7 Å². The minimum absolute atomic E-state index is 0.139. The van der Waals surface area contributed by atoms with Gasteiger partial charge in [-0.1, -0.05) is 24.3 Å². The molecule has 0 radical (unpaired) electrons. The second-order valence-corrected chi connectivity index (χ2v) is 8.88. The summed E-state index contributed by atoms with van der Waals surface area (Å²) in [6.07, 6.45) is 0.554. The zero-order valence-electron chi connectivity index (χ0n) is 19.4. The highest BCUT2D eigenvalue weighted by molar-refractivity contribution is 7.09. The second-order valence-electron chi connectivity index (χ2n) is 7.85. The number of nitriles is 1. The van der Waals surface area contributed by atoms with Gasteiger partial charge >= 0.3 is 6.03 Å². The van der Waals surface area contributed by atoms with Crippen LogP contribution in [0.1, 0.15) is 22.4 Å². The first kappa shape index (κ1) is 25.9. The molecule has 9 heteroatoms. The third kappa shape index (κ3) is 8.21. The number of ether oxygens (including phenoxy) is 1. The van der Waals surface area contributed by atoms with Gasteiger partial charge in [0.25, 0.3) is 0 Å². The second kappa shape index (κ2) is 13.2. The van der Waals surface area contributed by atoms with Gasteiger partial charge in [0.05, 0.1) is 18.2 Å². The van der Waals surface area contributed by atoms with Crippen LogP contribution in [0.2, 0.25) is 0 Å². The number of hydrogen-bond acceptors (Lipinski definition) is 5. The molecule has 2 aromatic carbocycles. The highest BCUT2D eigenvalue weighted by Crippen LogP contribution is 2.16. The monoisotopic (exact) mass is 494 g/mol. The van der Waals surface area contributed by atoms with Gasteiger partial charge in [-0.05, 0) is 53.8 Å². The van der Waals surface area contributed by atoms with E-state index >= 15 is 0 Å². The number of carbonyl (C=O) groups is 2. The van der Waals surface area contributed by atoms with E-state index in [4.69, 9.17) is 10.00 Å². The molecule has 35 heavy (non-hydrogen) atoms. The van der Waals surface area contributed by atoms with Crippen LogP contribution in [0.15, 0.2) is 66.0 Å². The summed E-state index contributed by atoms with van der Waals surface area (Å²) >= 11 is 1.54. The van der Waals surface area contributed by atoms with Gasteiger partial charge < -0.3 is 19.9 Å². The molecule has 0 atom stereocenters. The maximum absolute atomic E-state index is 13.4. The zero-order valence-corrected chi connectivity index (χ0v) is 20.3. The summed E-state index contributed by atoms with van der Waals surface area (Å²) in [6.45, 7) is 1.28. The molecule has 3 amide bonds. The van der Waals surface area contributed by atoms with Crippen LogP contribution >= 0.6 is 11.3 Å². The fourth-order valence-electron chi connectivity index (χ4n) is 3.42. The maximum atomic E-state index is 13.4. The Morgan fingerprint density at radius 3 is 2.57 bits per heavy atom. The van der Waals surface area contributed by atoms with Gasteiger partial charge in [-0.2, -0.15) is 5.26 Å². The molecular weight excluding hydrogens is 467 g/mol. The van der Waals surface area contributed by atoms with Crippen LogP contribution in [0.3, 0.4) is 0 Å². The van der Waals surface area contributed by atoms with Crippen LogP contribution in [0, 0.1) is 17.1 Å². The van der Waals surface area contributed by atoms with Crippen molar-refractivity contribution in [3.8, 4) is 6.07 Å². The smallest absolute Gasteiger partial charge is 0.322 e. The van der Waals surface area contributed by atoms with Gasteiger partial charge in [-0.25, -0.2) is 9.18 Å². The Bertz CT molecular complexity index is 1150. The third-order valence-electron chi connectivity index (χ3n) is 5.20. The predicted molar refractivity (Wildman–Crippen MR) is 133 cm³/mol. The van der Waals surface area contributed by atoms with Crippen LogP contribution < -0.4 is 5.32 Å². The molecule has 0 aliphatic carbocycles. The van der Waals surface area contributed by atoms with Crippen molar-refractivity contribution in [2.75, 3.05) is 32.1 Å². The summed E-state index contributed by atoms with van der Waals surface area (Å²) in [6, 6.07) is 18.1. The number of thiophene rings is 1. The average molecular weight is 495 g/mol. The predicted octanol–water partition coefficient (Wildman–Crippen LogP) is 4.86. The summed E-state index contributed by atoms with van der Waals surface area (Å²) in [4.78, 5) is 30.6. The number of hydrogen-bond donors (Lipinski definition) is 1. The number of benzene rings is 2. The minimum atomic E-state index is -0.442. The van der Waals surface area contributed by atoms with Gasteiger partial charge in [0.15, 0.2) is 0 Å². The highest BCUT2D eigenvalue weighted by atomic mass is 32.1. The molecule has 182 valence electrons. The minimum Gasteiger partial charge on any atom is -0.385 e. The number of nitrogens with zero attached hydrogens (tertiary/aromatic N) is 3. The molecule has 1 aromatic heterocycles. The van der Waals surface area contributed by atoms with Gasteiger partial charge in [0, 0.05) is 37.4 Å². The topological polar surface area (TPSA) is 85.7 Å². The molecule has 7 nitrogen and oxygen atoms in total. The fraction of sp³-hybridized carbons (Fsp3) is 0.269. The lowest BCUT2D eigenvalue weighted by Crippen LogP contribution is -2.44. The lowest BCUT2D eigenvalue weighted by Gasteiger charge is -2.28. The van der Waals surface area contributed by atoms with E-state index in [2.05, 4.69) is 5.32 Å². The zero-order chi connectivity index (χ0) is 25.0. The van der Waals surface area contributed by atoms with Crippen molar-refractivity contribution in [2.45, 2.75) is 19.5 Å². The van der Waals surface area contributed by atoms with Gasteiger partial charge in [0.1, 0.15) is 12.4 Å². The van der Waals surface area contributed by atoms with Crippen molar-refractivity contribution in [3.05, 3.63) is 87.9 Å². The van der Waals surface area contributed by atoms with E-state index in [1.54, 1.807) is 48.4 Å². The lowest BCUT2D eigenvalue weighted by molar-refractivity contribution is -0.133. The molecule has 0 fully saturated rings. The molecular formula is C26H27FN4O3S. The van der Waals surface area contributed by atoms with Gasteiger partial charge in [0.2, 0.25) is 5.91 Å². The van der Waals surface area contributed by atoms with Crippen LogP contribution in [-0.4, -0.2) is 48.5 Å². The Morgan fingerprint density at radius 2 is 1.89 bits per heavy atom. The average Bonchev–Trinajstić information content (AvgIpc) is 3.37. The Morgan fingerprint density at radius 1 is 1.09 bits per heavy atom. The number of halogens is 1. The van der Waals surface area contributed by atoms with Crippen LogP contribution in [0.5, 0.6) is 0 Å². The van der Waals surface area contributed by atoms with Crippen molar-refractivity contribution in [1.29, 1.82) is 5.26 Å². The Hall–Kier alpha value is -3.74. The van der Waals surface area contributed by atoms with Crippen LogP contribution in [0.4, 0.5) is 14.9 Å². The Balaban J connectivity index is 1.75. The van der Waals surface area contributed by atoms with Gasteiger partial charge in [-0.15, -0.1) is 11.3 Å². The fourth-order valence-corrected chi connectivity index (χ4v) is 4.14. The Kier molecular flexibility index (Phi) is 9.78. The Labute approximate surface area is 208 Å². The molecule has 1 N–H and O–H groups in total. The van der Waals surface area contributed by atoms with E-state index in [-0.39, 0.29) is 24.8 Å². The van der Waals surface area contributed by atoms with Crippen LogP contribution in [-0.2, 0) is 22.6 Å². The first-order valence-corrected chi connectivity index (χ1v) is 12.0. The van der Waals surface area contributed by atoms with Crippen molar-refractivity contribution in [1.82, 2.24) is 9.80 Å². The molecule has 0 unspecified atom stereocenters. The van der Waals surface area contributed by atoms with Crippen LogP contribution in [0.25, 0.3) is 0 Å². The van der Waals surface area contributed by atoms with Crippen molar-refractivity contribution >= 4 is 29.0 Å². The van der Waals surface area contributed by atoms with Gasteiger partial charge in [-0.3, -0.25) is 4.79 Å². The number of carbonyl (C=O) groups excluding carboxylic acids is 2. The summed E-state index contributed by atoms with van der Waals surface area (Å²) < 4.78 is 18.5. The molecule has 0 spiro atoms. The normalized spacial score (nSPS) is 10.4. The molecule has 3 rings (SSSR count). The summed E-state index contributed by atoms with van der Waals surface area (Å²) in [5.74, 6) is -0.576. The lowest BCUT2D eigenvalue weighted by atomic mass is 10.2. The summed E-state index contributed by atoms with van der Waals surface area (Å²) in [5.41, 5.74) is 1.69. The summed E-state index contributed by atoms with van der Waals surface area (Å²) in [7, 11) is 1.58. The van der Waals surface area contributed by atoms with E-state index in [0.717, 1.165) is 10.4 Å². The summed E-state index contributed by atoms with van der Waals surface area (Å²) in [5, 5.41) is 13.8. The molecule has 1 heterocycles.